The van der Waals surface area contributed by atoms with Crippen LogP contribution in [0, 0.1) is 0 Å². The topological polar surface area (TPSA) is 65.1 Å². The molecule has 7 heteroatoms. The highest BCUT2D eigenvalue weighted by Crippen LogP contribution is 2.59. The summed E-state index contributed by atoms with van der Waals surface area (Å²) in [5, 5.41) is 0. The second-order valence-corrected chi connectivity index (χ2v) is 9.18. The third-order valence-corrected chi connectivity index (χ3v) is 6.27. The molecule has 0 radical (unpaired) electrons. The van der Waals surface area contributed by atoms with Gasteiger partial charge in [0.15, 0.2) is 0 Å². The van der Waals surface area contributed by atoms with E-state index in [-0.39, 0.29) is 6.04 Å². The first-order valence-electron chi connectivity index (χ1n) is 7.99. The Labute approximate surface area is 143 Å². The van der Waals surface area contributed by atoms with Gasteiger partial charge in [0.25, 0.3) is 0 Å². The van der Waals surface area contributed by atoms with Gasteiger partial charge in [-0.3, -0.25) is 9.46 Å². The number of carbonyl (C=O) groups is 1. The van der Waals surface area contributed by atoms with Crippen LogP contribution in [0.25, 0.3) is 0 Å². The van der Waals surface area contributed by atoms with Crippen LogP contribution in [0.1, 0.15) is 45.2 Å². The lowest BCUT2D eigenvalue weighted by molar-refractivity contribution is 0.0175. The van der Waals surface area contributed by atoms with Gasteiger partial charge in [0.1, 0.15) is 11.4 Å². The zero-order valence-electron chi connectivity index (χ0n) is 14.9. The number of hydrogen-bond acceptors (Lipinski definition) is 5. The molecule has 24 heavy (non-hydrogen) atoms. The zero-order valence-corrected chi connectivity index (χ0v) is 15.8. The van der Waals surface area contributed by atoms with Gasteiger partial charge in [-0.05, 0) is 39.2 Å². The predicted octanol–water partition coefficient (Wildman–Crippen LogP) is 4.57. The Balaban J connectivity index is 2.39. The minimum atomic E-state index is -3.44. The van der Waals surface area contributed by atoms with Gasteiger partial charge in [-0.1, -0.05) is 30.3 Å². The van der Waals surface area contributed by atoms with Gasteiger partial charge in [0.05, 0.1) is 6.04 Å². The minimum Gasteiger partial charge on any atom is -0.444 e. The second kappa shape index (κ2) is 7.26. The van der Waals surface area contributed by atoms with Gasteiger partial charge >= 0.3 is 13.7 Å². The molecule has 0 aliphatic carbocycles. The quantitative estimate of drug-likeness (QED) is 0.740. The third-order valence-electron chi connectivity index (χ3n) is 4.02. The number of amides is 1. The van der Waals surface area contributed by atoms with Crippen molar-refractivity contribution < 1.29 is 23.1 Å². The maximum absolute atomic E-state index is 12.9. The summed E-state index contributed by atoms with van der Waals surface area (Å²) in [6.45, 7) is 5.42. The Morgan fingerprint density at radius 1 is 1.12 bits per heavy atom. The first-order chi connectivity index (χ1) is 11.2. The van der Waals surface area contributed by atoms with Crippen LogP contribution >= 0.6 is 7.60 Å². The fourth-order valence-corrected chi connectivity index (χ4v) is 4.65. The van der Waals surface area contributed by atoms with Crippen LogP contribution in [0.5, 0.6) is 0 Å². The number of carbonyl (C=O) groups excluding carboxylic acids is 1. The number of hydrogen-bond donors (Lipinski definition) is 0. The number of rotatable bonds is 4. The highest BCUT2D eigenvalue weighted by Gasteiger charge is 2.49. The van der Waals surface area contributed by atoms with E-state index in [1.807, 2.05) is 30.3 Å². The summed E-state index contributed by atoms with van der Waals surface area (Å²) >= 11 is 0. The second-order valence-electron chi connectivity index (χ2n) is 6.78. The molecule has 134 valence electrons. The van der Waals surface area contributed by atoms with E-state index in [0.29, 0.717) is 12.8 Å². The Bertz CT molecular complexity index is 605. The van der Waals surface area contributed by atoms with E-state index in [9.17, 15) is 9.36 Å². The predicted molar refractivity (Wildman–Crippen MR) is 91.9 cm³/mol. The molecule has 6 nitrogen and oxygen atoms in total. The lowest BCUT2D eigenvalue weighted by atomic mass is 10.1. The van der Waals surface area contributed by atoms with Crippen molar-refractivity contribution in [2.75, 3.05) is 14.2 Å². The Hall–Kier alpha value is -1.36. The zero-order chi connectivity index (χ0) is 18.0. The third kappa shape index (κ3) is 4.00. The fraction of sp³-hybridized carbons (Fsp3) is 0.588. The molecule has 1 aliphatic rings. The van der Waals surface area contributed by atoms with Crippen molar-refractivity contribution in [3.8, 4) is 0 Å². The molecule has 1 heterocycles. The van der Waals surface area contributed by atoms with Gasteiger partial charge < -0.3 is 13.8 Å². The molecular weight excluding hydrogens is 329 g/mol. The summed E-state index contributed by atoms with van der Waals surface area (Å²) in [6.07, 6.45) is 0.691. The van der Waals surface area contributed by atoms with Crippen molar-refractivity contribution in [1.82, 2.24) is 4.90 Å². The van der Waals surface area contributed by atoms with Crippen LogP contribution in [0.2, 0.25) is 0 Å². The highest BCUT2D eigenvalue weighted by molar-refractivity contribution is 7.54. The summed E-state index contributed by atoms with van der Waals surface area (Å²) in [5.41, 5.74) is 0.333. The van der Waals surface area contributed by atoms with E-state index in [2.05, 4.69) is 0 Å². The molecule has 0 unspecified atom stereocenters. The Kier molecular flexibility index (Phi) is 5.74. The summed E-state index contributed by atoms with van der Waals surface area (Å²) in [5.74, 6) is -0.660. The van der Waals surface area contributed by atoms with E-state index in [0.717, 1.165) is 5.56 Å². The molecule has 2 rings (SSSR count). The number of benzene rings is 1. The smallest absolute Gasteiger partial charge is 0.411 e. The summed E-state index contributed by atoms with van der Waals surface area (Å²) in [7, 11) is -0.756. The standard InChI is InChI=1S/C17H26NO5P/c1-17(2,3)23-16(19)18-14(13-9-7-6-8-10-13)11-12-15(18)24(20,21-4)22-5/h6-10,14-15H,11-12H2,1-5H3/t14-,15-/m1/s1. The monoisotopic (exact) mass is 355 g/mol. The normalized spacial score (nSPS) is 21.8. The SMILES string of the molecule is COP(=O)(OC)[C@@H]1CC[C@H](c2ccccc2)N1C(=O)OC(C)(C)C. The van der Waals surface area contributed by atoms with Crippen LogP contribution in [-0.2, 0) is 18.3 Å². The van der Waals surface area contributed by atoms with E-state index in [1.54, 1.807) is 20.8 Å². The van der Waals surface area contributed by atoms with Gasteiger partial charge in [-0.15, -0.1) is 0 Å². The molecule has 1 amide bonds. The summed E-state index contributed by atoms with van der Waals surface area (Å²) < 4.78 is 28.8. The molecule has 0 N–H and O–H groups in total. The lowest BCUT2D eigenvalue weighted by Crippen LogP contribution is -2.41. The first kappa shape index (κ1) is 19.0. The molecule has 2 atom stereocenters. The van der Waals surface area contributed by atoms with Crippen LogP contribution < -0.4 is 0 Å². The van der Waals surface area contributed by atoms with Crippen LogP contribution in [0.15, 0.2) is 30.3 Å². The summed E-state index contributed by atoms with van der Waals surface area (Å²) in [6, 6.07) is 9.45. The number of nitrogens with zero attached hydrogens (tertiary/aromatic N) is 1. The summed E-state index contributed by atoms with van der Waals surface area (Å²) in [4.78, 5) is 14.3. The number of ether oxygens (including phenoxy) is 1. The van der Waals surface area contributed by atoms with Gasteiger partial charge in [0, 0.05) is 14.2 Å². The number of likely N-dealkylation sites (tertiary alicyclic amines) is 1. The van der Waals surface area contributed by atoms with Crippen molar-refractivity contribution in [2.24, 2.45) is 0 Å². The van der Waals surface area contributed by atoms with E-state index in [4.69, 9.17) is 13.8 Å². The molecule has 0 aromatic heterocycles. The molecule has 1 fully saturated rings. The molecule has 1 aliphatic heterocycles. The van der Waals surface area contributed by atoms with Crippen molar-refractivity contribution >= 4 is 13.7 Å². The van der Waals surface area contributed by atoms with Gasteiger partial charge in [-0.2, -0.15) is 0 Å². The largest absolute Gasteiger partial charge is 0.444 e. The van der Waals surface area contributed by atoms with Crippen LogP contribution in [0.4, 0.5) is 4.79 Å². The minimum absolute atomic E-state index is 0.218. The molecule has 1 saturated heterocycles. The van der Waals surface area contributed by atoms with Crippen LogP contribution in [-0.4, -0.2) is 36.6 Å². The van der Waals surface area contributed by atoms with Crippen molar-refractivity contribution in [1.29, 1.82) is 0 Å². The molecular formula is C17H26NO5P. The van der Waals surface area contributed by atoms with Crippen molar-refractivity contribution in [3.63, 3.8) is 0 Å². The van der Waals surface area contributed by atoms with E-state index >= 15 is 0 Å². The fourth-order valence-electron chi connectivity index (χ4n) is 2.99. The first-order valence-corrected chi connectivity index (χ1v) is 9.60. The van der Waals surface area contributed by atoms with Crippen molar-refractivity contribution in [2.45, 2.75) is 51.0 Å². The molecule has 1 aromatic rings. The lowest BCUT2D eigenvalue weighted by Gasteiger charge is -2.34. The van der Waals surface area contributed by atoms with E-state index < -0.39 is 25.1 Å². The highest BCUT2D eigenvalue weighted by atomic mass is 31.2. The van der Waals surface area contributed by atoms with E-state index in [1.165, 1.54) is 19.1 Å². The maximum atomic E-state index is 12.9. The molecule has 0 spiro atoms. The van der Waals surface area contributed by atoms with Gasteiger partial charge in [-0.25, -0.2) is 4.79 Å². The molecule has 0 saturated carbocycles. The van der Waals surface area contributed by atoms with Crippen molar-refractivity contribution in [3.05, 3.63) is 35.9 Å². The maximum Gasteiger partial charge on any atom is 0.411 e. The Morgan fingerprint density at radius 3 is 2.21 bits per heavy atom. The van der Waals surface area contributed by atoms with Crippen LogP contribution in [0.3, 0.4) is 0 Å². The molecule has 0 bridgehead atoms. The average Bonchev–Trinajstić information content (AvgIpc) is 2.99. The molecule has 1 aromatic carbocycles. The average molecular weight is 355 g/mol. The van der Waals surface area contributed by atoms with Gasteiger partial charge in [0.2, 0.25) is 0 Å². The Morgan fingerprint density at radius 2 is 1.71 bits per heavy atom.